The molecule has 20 heavy (non-hydrogen) atoms. The first-order chi connectivity index (χ1) is 9.31. The molecule has 0 radical (unpaired) electrons. The standard InChI is InChI=1S/C14H19FN2O3/c1-8(2)7-9(3)16-14(20)17-11-6-4-5-10(15)12(11)13(18)19/h4-6,8-9H,7H2,1-3H3,(H,18,19)(H2,16,17,20). The van der Waals surface area contributed by atoms with E-state index in [1.807, 2.05) is 20.8 Å². The van der Waals surface area contributed by atoms with Gasteiger partial charge in [0.2, 0.25) is 0 Å². The summed E-state index contributed by atoms with van der Waals surface area (Å²) in [5, 5.41) is 14.0. The Morgan fingerprint density at radius 1 is 1.30 bits per heavy atom. The van der Waals surface area contributed by atoms with E-state index in [-0.39, 0.29) is 11.7 Å². The third kappa shape index (κ3) is 4.53. The smallest absolute Gasteiger partial charge is 0.340 e. The molecule has 0 spiro atoms. The lowest BCUT2D eigenvalue weighted by Gasteiger charge is -2.17. The van der Waals surface area contributed by atoms with Gasteiger partial charge in [-0.15, -0.1) is 0 Å². The number of benzene rings is 1. The number of carboxylic acid groups (broad SMARTS) is 1. The number of rotatable bonds is 5. The maximum absolute atomic E-state index is 13.4. The Bertz CT molecular complexity index is 503. The maximum atomic E-state index is 13.4. The molecule has 0 fully saturated rings. The Morgan fingerprint density at radius 2 is 1.95 bits per heavy atom. The Balaban J connectivity index is 2.76. The Morgan fingerprint density at radius 3 is 2.50 bits per heavy atom. The first-order valence-corrected chi connectivity index (χ1v) is 6.40. The van der Waals surface area contributed by atoms with Crippen molar-refractivity contribution in [2.24, 2.45) is 5.92 Å². The van der Waals surface area contributed by atoms with Crippen LogP contribution in [0, 0.1) is 11.7 Å². The predicted molar refractivity (Wildman–Crippen MR) is 74.4 cm³/mol. The molecular formula is C14H19FN2O3. The predicted octanol–water partition coefficient (Wildman–Crippen LogP) is 3.08. The molecule has 0 aliphatic rings. The molecule has 3 N–H and O–H groups in total. The van der Waals surface area contributed by atoms with E-state index in [0.717, 1.165) is 12.5 Å². The van der Waals surface area contributed by atoms with Crippen LogP contribution in [0.3, 0.4) is 0 Å². The molecule has 0 aromatic heterocycles. The van der Waals surface area contributed by atoms with E-state index in [9.17, 15) is 14.0 Å². The maximum Gasteiger partial charge on any atom is 0.340 e. The SMILES string of the molecule is CC(C)CC(C)NC(=O)Nc1cccc(F)c1C(=O)O. The highest BCUT2D eigenvalue weighted by Gasteiger charge is 2.18. The molecule has 1 rings (SSSR count). The van der Waals surface area contributed by atoms with Crippen molar-refractivity contribution >= 4 is 17.7 Å². The number of anilines is 1. The van der Waals surface area contributed by atoms with Crippen LogP contribution < -0.4 is 10.6 Å². The van der Waals surface area contributed by atoms with Crippen molar-refractivity contribution in [3.05, 3.63) is 29.6 Å². The molecule has 2 amide bonds. The Labute approximate surface area is 117 Å². The number of carbonyl (C=O) groups excluding carboxylic acids is 1. The second kappa shape index (κ2) is 6.88. The van der Waals surface area contributed by atoms with Crippen LogP contribution in [0.2, 0.25) is 0 Å². The van der Waals surface area contributed by atoms with Gasteiger partial charge in [0.05, 0.1) is 5.69 Å². The van der Waals surface area contributed by atoms with Crippen LogP contribution in [0.4, 0.5) is 14.9 Å². The highest BCUT2D eigenvalue weighted by molar-refractivity contribution is 6.00. The van der Waals surface area contributed by atoms with Gasteiger partial charge in [-0.05, 0) is 31.4 Å². The second-order valence-corrected chi connectivity index (χ2v) is 5.10. The van der Waals surface area contributed by atoms with E-state index in [1.165, 1.54) is 12.1 Å². The minimum absolute atomic E-state index is 0.0585. The van der Waals surface area contributed by atoms with Gasteiger partial charge in [0.15, 0.2) is 0 Å². The Hall–Kier alpha value is -2.11. The topological polar surface area (TPSA) is 78.4 Å². The number of hydrogen-bond acceptors (Lipinski definition) is 2. The molecule has 0 bridgehead atoms. The zero-order valence-corrected chi connectivity index (χ0v) is 11.7. The molecule has 0 saturated heterocycles. The van der Waals surface area contributed by atoms with Gasteiger partial charge in [0, 0.05) is 6.04 Å². The van der Waals surface area contributed by atoms with Gasteiger partial charge >= 0.3 is 12.0 Å². The molecule has 6 heteroatoms. The molecule has 1 aromatic rings. The van der Waals surface area contributed by atoms with Crippen LogP contribution in [0.25, 0.3) is 0 Å². The normalized spacial score (nSPS) is 12.1. The minimum Gasteiger partial charge on any atom is -0.478 e. The van der Waals surface area contributed by atoms with Gasteiger partial charge in [-0.25, -0.2) is 14.0 Å². The molecule has 0 heterocycles. The quantitative estimate of drug-likeness (QED) is 0.776. The summed E-state index contributed by atoms with van der Waals surface area (Å²) in [5.41, 5.74) is -0.606. The van der Waals surface area contributed by atoms with Gasteiger partial charge in [-0.1, -0.05) is 19.9 Å². The molecule has 110 valence electrons. The average Bonchev–Trinajstić information content (AvgIpc) is 2.26. The lowest BCUT2D eigenvalue weighted by molar-refractivity contribution is 0.0693. The fraction of sp³-hybridized carbons (Fsp3) is 0.429. The summed E-state index contributed by atoms with van der Waals surface area (Å²) in [6, 6.07) is 3.12. The zero-order chi connectivity index (χ0) is 15.3. The van der Waals surface area contributed by atoms with E-state index < -0.39 is 23.4 Å². The summed E-state index contributed by atoms with van der Waals surface area (Å²) < 4.78 is 13.4. The third-order valence-corrected chi connectivity index (χ3v) is 2.68. The first-order valence-electron chi connectivity index (χ1n) is 6.40. The highest BCUT2D eigenvalue weighted by Crippen LogP contribution is 2.18. The summed E-state index contributed by atoms with van der Waals surface area (Å²) in [6.45, 7) is 5.92. The second-order valence-electron chi connectivity index (χ2n) is 5.10. The van der Waals surface area contributed by atoms with Crippen LogP contribution in [0.5, 0.6) is 0 Å². The number of carboxylic acids is 1. The van der Waals surface area contributed by atoms with Gasteiger partial charge in [-0.3, -0.25) is 0 Å². The fourth-order valence-electron chi connectivity index (χ4n) is 1.99. The van der Waals surface area contributed by atoms with Crippen LogP contribution >= 0.6 is 0 Å². The van der Waals surface area contributed by atoms with E-state index >= 15 is 0 Å². The monoisotopic (exact) mass is 282 g/mol. The third-order valence-electron chi connectivity index (χ3n) is 2.68. The van der Waals surface area contributed by atoms with Gasteiger partial charge in [-0.2, -0.15) is 0 Å². The molecule has 0 saturated carbocycles. The van der Waals surface area contributed by atoms with E-state index in [4.69, 9.17) is 5.11 Å². The van der Waals surface area contributed by atoms with E-state index in [1.54, 1.807) is 0 Å². The first kappa shape index (κ1) is 15.9. The van der Waals surface area contributed by atoms with Crippen molar-refractivity contribution in [1.82, 2.24) is 5.32 Å². The summed E-state index contributed by atoms with van der Waals surface area (Å²) in [6.07, 6.45) is 0.794. The van der Waals surface area contributed by atoms with Crippen molar-refractivity contribution in [1.29, 1.82) is 0 Å². The summed E-state index contributed by atoms with van der Waals surface area (Å²) in [5.74, 6) is -1.88. The number of carbonyl (C=O) groups is 2. The van der Waals surface area contributed by atoms with E-state index in [2.05, 4.69) is 10.6 Å². The van der Waals surface area contributed by atoms with Crippen LogP contribution in [-0.4, -0.2) is 23.1 Å². The van der Waals surface area contributed by atoms with Crippen molar-refractivity contribution in [3.63, 3.8) is 0 Å². The largest absolute Gasteiger partial charge is 0.478 e. The molecule has 1 atom stereocenters. The van der Waals surface area contributed by atoms with E-state index in [0.29, 0.717) is 5.92 Å². The summed E-state index contributed by atoms with van der Waals surface area (Å²) in [4.78, 5) is 22.7. The van der Waals surface area contributed by atoms with Gasteiger partial charge in [0.1, 0.15) is 11.4 Å². The number of nitrogens with one attached hydrogen (secondary N) is 2. The molecule has 1 unspecified atom stereocenters. The van der Waals surface area contributed by atoms with Gasteiger partial charge < -0.3 is 15.7 Å². The number of aromatic carboxylic acids is 1. The lowest BCUT2D eigenvalue weighted by atomic mass is 10.1. The molecule has 1 aromatic carbocycles. The van der Waals surface area contributed by atoms with Crippen molar-refractivity contribution in [2.75, 3.05) is 5.32 Å². The minimum atomic E-state index is -1.42. The van der Waals surface area contributed by atoms with Crippen molar-refractivity contribution < 1.29 is 19.1 Å². The number of hydrogen-bond donors (Lipinski definition) is 3. The van der Waals surface area contributed by atoms with Crippen LogP contribution in [0.1, 0.15) is 37.6 Å². The van der Waals surface area contributed by atoms with Crippen molar-refractivity contribution in [3.8, 4) is 0 Å². The van der Waals surface area contributed by atoms with Crippen LogP contribution in [-0.2, 0) is 0 Å². The molecule has 0 aliphatic heterocycles. The zero-order valence-electron chi connectivity index (χ0n) is 11.7. The lowest BCUT2D eigenvalue weighted by Crippen LogP contribution is -2.37. The van der Waals surface area contributed by atoms with Crippen molar-refractivity contribution in [2.45, 2.75) is 33.2 Å². The Kier molecular flexibility index (Phi) is 5.49. The summed E-state index contributed by atoms with van der Waals surface area (Å²) >= 11 is 0. The number of halogens is 1. The molecule has 0 aliphatic carbocycles. The fourth-order valence-corrected chi connectivity index (χ4v) is 1.99. The van der Waals surface area contributed by atoms with Crippen LogP contribution in [0.15, 0.2) is 18.2 Å². The average molecular weight is 282 g/mol. The molecular weight excluding hydrogens is 263 g/mol. The molecule has 5 nitrogen and oxygen atoms in total. The highest BCUT2D eigenvalue weighted by atomic mass is 19.1. The number of urea groups is 1. The number of amides is 2. The summed E-state index contributed by atoms with van der Waals surface area (Å²) in [7, 11) is 0. The van der Waals surface area contributed by atoms with Gasteiger partial charge in [0.25, 0.3) is 0 Å².